The molecule has 0 bridgehead atoms. The molecule has 0 aromatic rings. The third-order valence-electron chi connectivity index (χ3n) is 1.82. The fraction of sp³-hybridized carbons (Fsp3) is 0.750. The number of amides is 2. The van der Waals surface area contributed by atoms with Crippen LogP contribution in [0.3, 0.4) is 0 Å². The number of nitrogens with one attached hydrogen (secondary N) is 3. The van der Waals surface area contributed by atoms with E-state index in [2.05, 4.69) is 16.0 Å². The van der Waals surface area contributed by atoms with E-state index in [9.17, 15) is 9.59 Å². The summed E-state index contributed by atoms with van der Waals surface area (Å²) in [5, 5.41) is 7.80. The molecule has 0 aliphatic heterocycles. The van der Waals surface area contributed by atoms with Crippen molar-refractivity contribution in [3.05, 3.63) is 0 Å². The van der Waals surface area contributed by atoms with Crippen molar-refractivity contribution < 1.29 is 9.59 Å². The van der Waals surface area contributed by atoms with Gasteiger partial charge in [-0.15, -0.1) is 0 Å². The highest BCUT2D eigenvalue weighted by Crippen LogP contribution is 1.85. The first-order valence-corrected chi connectivity index (χ1v) is 4.22. The lowest BCUT2D eigenvalue weighted by atomic mass is 10.2. The minimum Gasteiger partial charge on any atom is -0.357 e. The topological polar surface area (TPSA) is 70.2 Å². The van der Waals surface area contributed by atoms with Crippen molar-refractivity contribution in [3.63, 3.8) is 0 Å². The first-order chi connectivity index (χ1) is 6.02. The van der Waals surface area contributed by atoms with Crippen LogP contribution in [-0.2, 0) is 9.59 Å². The van der Waals surface area contributed by atoms with Gasteiger partial charge in [-0.2, -0.15) is 0 Å². The second-order valence-corrected chi connectivity index (χ2v) is 2.85. The molecule has 3 N–H and O–H groups in total. The first kappa shape index (κ1) is 11.9. The maximum absolute atomic E-state index is 11.3. The maximum atomic E-state index is 11.3. The van der Waals surface area contributed by atoms with E-state index in [1.54, 1.807) is 20.9 Å². The average molecular weight is 187 g/mol. The summed E-state index contributed by atoms with van der Waals surface area (Å²) in [6.45, 7) is 3.37. The number of hydrogen-bond acceptors (Lipinski definition) is 3. The van der Waals surface area contributed by atoms with Gasteiger partial charge in [-0.05, 0) is 20.9 Å². The van der Waals surface area contributed by atoms with Gasteiger partial charge in [0.1, 0.15) is 6.04 Å². The number of rotatable bonds is 4. The average Bonchev–Trinajstić information content (AvgIpc) is 2.14. The van der Waals surface area contributed by atoms with E-state index in [4.69, 9.17) is 0 Å². The second-order valence-electron chi connectivity index (χ2n) is 2.85. The Morgan fingerprint density at radius 1 is 1.00 bits per heavy atom. The second kappa shape index (κ2) is 5.53. The highest BCUT2D eigenvalue weighted by molar-refractivity contribution is 5.89. The molecule has 0 saturated heterocycles. The summed E-state index contributed by atoms with van der Waals surface area (Å²) in [6, 6.07) is -0.777. The zero-order valence-electron chi connectivity index (χ0n) is 8.47. The van der Waals surface area contributed by atoms with Gasteiger partial charge < -0.3 is 16.0 Å². The molecule has 5 nitrogen and oxygen atoms in total. The Balaban J connectivity index is 3.98. The van der Waals surface area contributed by atoms with Crippen LogP contribution >= 0.6 is 0 Å². The predicted molar refractivity (Wildman–Crippen MR) is 50.2 cm³/mol. The molecule has 76 valence electrons. The van der Waals surface area contributed by atoms with Crippen LogP contribution in [0.4, 0.5) is 0 Å². The van der Waals surface area contributed by atoms with Crippen LogP contribution in [0.2, 0.25) is 0 Å². The van der Waals surface area contributed by atoms with Gasteiger partial charge in [0.15, 0.2) is 0 Å². The Hall–Kier alpha value is -1.10. The largest absolute Gasteiger partial charge is 0.357 e. The Morgan fingerprint density at radius 2 is 1.54 bits per heavy atom. The van der Waals surface area contributed by atoms with Crippen LogP contribution in [0.15, 0.2) is 0 Å². The molecule has 0 heterocycles. The lowest BCUT2D eigenvalue weighted by Gasteiger charge is -2.15. The fourth-order valence-corrected chi connectivity index (χ4v) is 0.752. The Morgan fingerprint density at radius 3 is 1.92 bits per heavy atom. The van der Waals surface area contributed by atoms with Crippen LogP contribution in [0.25, 0.3) is 0 Å². The SMILES string of the molecule is CNC(=O)[C@H](C)NC(=O)[C@H](C)NC. The summed E-state index contributed by atoms with van der Waals surface area (Å²) < 4.78 is 0. The molecule has 0 aromatic heterocycles. The van der Waals surface area contributed by atoms with Crippen molar-refractivity contribution in [3.8, 4) is 0 Å². The van der Waals surface area contributed by atoms with Gasteiger partial charge >= 0.3 is 0 Å². The maximum Gasteiger partial charge on any atom is 0.242 e. The summed E-state index contributed by atoms with van der Waals surface area (Å²) in [7, 11) is 3.22. The van der Waals surface area contributed by atoms with Crippen molar-refractivity contribution in [1.29, 1.82) is 0 Å². The summed E-state index contributed by atoms with van der Waals surface area (Å²) in [5.74, 6) is -0.379. The van der Waals surface area contributed by atoms with Gasteiger partial charge in [-0.3, -0.25) is 9.59 Å². The van der Waals surface area contributed by atoms with Crippen molar-refractivity contribution >= 4 is 11.8 Å². The molecule has 0 radical (unpaired) electrons. The van der Waals surface area contributed by atoms with E-state index in [1.807, 2.05) is 0 Å². The van der Waals surface area contributed by atoms with Crippen LogP contribution in [0.5, 0.6) is 0 Å². The molecule has 2 atom stereocenters. The molecule has 0 aromatic carbocycles. The van der Waals surface area contributed by atoms with Gasteiger partial charge in [0, 0.05) is 7.05 Å². The lowest BCUT2D eigenvalue weighted by molar-refractivity contribution is -0.129. The van der Waals surface area contributed by atoms with E-state index >= 15 is 0 Å². The highest BCUT2D eigenvalue weighted by Gasteiger charge is 2.16. The van der Waals surface area contributed by atoms with Crippen molar-refractivity contribution in [1.82, 2.24) is 16.0 Å². The van der Waals surface area contributed by atoms with E-state index in [1.165, 1.54) is 7.05 Å². The van der Waals surface area contributed by atoms with Crippen molar-refractivity contribution in [2.45, 2.75) is 25.9 Å². The molecule has 5 heteroatoms. The molecule has 0 aliphatic rings. The number of likely N-dealkylation sites (N-methyl/N-ethyl adjacent to an activating group) is 2. The van der Waals surface area contributed by atoms with Crippen LogP contribution in [-0.4, -0.2) is 38.0 Å². The van der Waals surface area contributed by atoms with Gasteiger partial charge in [0.05, 0.1) is 6.04 Å². The first-order valence-electron chi connectivity index (χ1n) is 4.22. The van der Waals surface area contributed by atoms with E-state index in [-0.39, 0.29) is 17.9 Å². The van der Waals surface area contributed by atoms with Crippen LogP contribution in [0.1, 0.15) is 13.8 Å². The van der Waals surface area contributed by atoms with Crippen LogP contribution < -0.4 is 16.0 Å². The minimum atomic E-state index is -0.492. The summed E-state index contributed by atoms with van der Waals surface area (Å²) in [4.78, 5) is 22.3. The highest BCUT2D eigenvalue weighted by atomic mass is 16.2. The van der Waals surface area contributed by atoms with Gasteiger partial charge in [0.2, 0.25) is 11.8 Å². The summed E-state index contributed by atoms with van der Waals surface area (Å²) in [6.07, 6.45) is 0. The van der Waals surface area contributed by atoms with E-state index in [0.29, 0.717) is 0 Å². The fourth-order valence-electron chi connectivity index (χ4n) is 0.752. The molecular weight excluding hydrogens is 170 g/mol. The Labute approximate surface area is 78.3 Å². The minimum absolute atomic E-state index is 0.182. The quantitative estimate of drug-likeness (QED) is 0.520. The third kappa shape index (κ3) is 3.89. The van der Waals surface area contributed by atoms with Crippen molar-refractivity contribution in [2.75, 3.05) is 14.1 Å². The van der Waals surface area contributed by atoms with Gasteiger partial charge in [-0.25, -0.2) is 0 Å². The molecule has 0 saturated carbocycles. The normalized spacial score (nSPS) is 14.5. The van der Waals surface area contributed by atoms with Gasteiger partial charge in [0.25, 0.3) is 0 Å². The van der Waals surface area contributed by atoms with E-state index < -0.39 is 6.04 Å². The molecule has 0 aliphatic carbocycles. The molecule has 0 rings (SSSR count). The number of carbonyl (C=O) groups is 2. The van der Waals surface area contributed by atoms with Crippen molar-refractivity contribution in [2.24, 2.45) is 0 Å². The predicted octanol–water partition coefficient (Wildman–Crippen LogP) is -1.15. The Kier molecular flexibility index (Phi) is 5.06. The standard InChI is InChI=1S/C8H17N3O2/c1-5(9-3)8(13)11-6(2)7(12)10-4/h5-6,9H,1-4H3,(H,10,12)(H,11,13)/t5-,6-/m0/s1. The third-order valence-corrected chi connectivity index (χ3v) is 1.82. The van der Waals surface area contributed by atoms with E-state index in [0.717, 1.165) is 0 Å². The molecule has 2 amide bonds. The summed E-state index contributed by atoms with van der Waals surface area (Å²) in [5.41, 5.74) is 0. The number of hydrogen-bond donors (Lipinski definition) is 3. The molecular formula is C8H17N3O2. The Bertz CT molecular complexity index is 194. The summed E-state index contributed by atoms with van der Waals surface area (Å²) >= 11 is 0. The zero-order chi connectivity index (χ0) is 10.4. The molecule has 0 spiro atoms. The molecule has 13 heavy (non-hydrogen) atoms. The van der Waals surface area contributed by atoms with Crippen LogP contribution in [0, 0.1) is 0 Å². The van der Waals surface area contributed by atoms with Gasteiger partial charge in [-0.1, -0.05) is 0 Å². The number of carbonyl (C=O) groups excluding carboxylic acids is 2. The molecule has 0 unspecified atom stereocenters. The molecule has 0 fully saturated rings. The smallest absolute Gasteiger partial charge is 0.242 e. The monoisotopic (exact) mass is 187 g/mol. The lowest BCUT2D eigenvalue weighted by Crippen LogP contribution is -2.49. The zero-order valence-corrected chi connectivity index (χ0v) is 8.47.